The first-order valence-electron chi connectivity index (χ1n) is 5.00. The zero-order chi connectivity index (χ0) is 12.0. The van der Waals surface area contributed by atoms with E-state index in [1.54, 1.807) is 6.08 Å². The molecule has 0 fully saturated rings. The van der Waals surface area contributed by atoms with E-state index in [0.717, 1.165) is 11.1 Å². The van der Waals surface area contributed by atoms with Crippen molar-refractivity contribution in [3.05, 3.63) is 54.1 Å². The van der Waals surface area contributed by atoms with Gasteiger partial charge in [0.2, 0.25) is 0 Å². The molecule has 0 bridgehead atoms. The molecule has 0 spiro atoms. The molecule has 1 aromatic rings. The second-order valence-electron chi connectivity index (χ2n) is 3.40. The van der Waals surface area contributed by atoms with Gasteiger partial charge in [0.05, 0.1) is 6.54 Å². The third-order valence-corrected chi connectivity index (χ3v) is 2.15. The molecule has 1 amide bonds. The second kappa shape index (κ2) is 5.88. The summed E-state index contributed by atoms with van der Waals surface area (Å²) in [6.45, 7) is 5.52. The molecule has 84 valence electrons. The van der Waals surface area contributed by atoms with Gasteiger partial charge in [-0.2, -0.15) is 0 Å². The fourth-order valence-electron chi connectivity index (χ4n) is 1.23. The average Bonchev–Trinajstić information content (AvgIpc) is 2.28. The number of benzene rings is 1. The molecule has 0 aliphatic heterocycles. The van der Waals surface area contributed by atoms with E-state index in [1.807, 2.05) is 31.2 Å². The number of carbonyl (C=O) groups excluding carboxylic acids is 1. The van der Waals surface area contributed by atoms with E-state index < -0.39 is 5.91 Å². The van der Waals surface area contributed by atoms with Crippen molar-refractivity contribution in [2.45, 2.75) is 6.92 Å². The molecular weight excluding hydrogens is 202 g/mol. The molecule has 0 aromatic heterocycles. The van der Waals surface area contributed by atoms with Gasteiger partial charge < -0.3 is 0 Å². The van der Waals surface area contributed by atoms with Crippen LogP contribution in [0, 0.1) is 6.92 Å². The van der Waals surface area contributed by atoms with Gasteiger partial charge in [0.15, 0.2) is 0 Å². The van der Waals surface area contributed by atoms with Crippen LogP contribution in [0.5, 0.6) is 0 Å². The van der Waals surface area contributed by atoms with Gasteiger partial charge in [-0.1, -0.05) is 30.3 Å². The van der Waals surface area contributed by atoms with E-state index in [0.29, 0.717) is 5.06 Å². The molecule has 16 heavy (non-hydrogen) atoms. The summed E-state index contributed by atoms with van der Waals surface area (Å²) < 4.78 is 0. The van der Waals surface area contributed by atoms with Crippen molar-refractivity contribution < 1.29 is 10.0 Å². The van der Waals surface area contributed by atoms with Crippen LogP contribution in [0.2, 0.25) is 0 Å². The number of hydrogen-bond acceptors (Lipinski definition) is 2. The van der Waals surface area contributed by atoms with Crippen molar-refractivity contribution in [1.29, 1.82) is 0 Å². The maximum absolute atomic E-state index is 11.4. The van der Waals surface area contributed by atoms with Gasteiger partial charge in [-0.05, 0) is 24.1 Å². The summed E-state index contributed by atoms with van der Waals surface area (Å²) in [5, 5.41) is 9.84. The van der Waals surface area contributed by atoms with Crippen molar-refractivity contribution in [1.82, 2.24) is 5.06 Å². The Labute approximate surface area is 95.3 Å². The molecule has 0 saturated carbocycles. The molecule has 0 atom stereocenters. The van der Waals surface area contributed by atoms with Crippen LogP contribution in [0.25, 0.3) is 6.08 Å². The van der Waals surface area contributed by atoms with Crippen LogP contribution < -0.4 is 0 Å². The summed E-state index contributed by atoms with van der Waals surface area (Å²) in [5.74, 6) is -0.455. The molecule has 1 N–H and O–H groups in total. The number of hydrogen-bond donors (Lipinski definition) is 1. The molecule has 3 heteroatoms. The largest absolute Gasteiger partial charge is 0.285 e. The first-order valence-corrected chi connectivity index (χ1v) is 5.00. The zero-order valence-electron chi connectivity index (χ0n) is 9.26. The zero-order valence-corrected chi connectivity index (χ0v) is 9.26. The Balaban J connectivity index is 2.70. The Bertz CT molecular complexity index is 410. The number of carbonyl (C=O) groups is 1. The van der Waals surface area contributed by atoms with Crippen molar-refractivity contribution in [2.75, 3.05) is 6.54 Å². The van der Waals surface area contributed by atoms with E-state index >= 15 is 0 Å². The highest BCUT2D eigenvalue weighted by Gasteiger charge is 2.03. The Morgan fingerprint density at radius 2 is 2.19 bits per heavy atom. The number of aryl methyl sites for hydroxylation is 1. The van der Waals surface area contributed by atoms with Gasteiger partial charge in [0, 0.05) is 6.08 Å². The summed E-state index contributed by atoms with van der Waals surface area (Å²) in [7, 11) is 0. The maximum atomic E-state index is 11.4. The van der Waals surface area contributed by atoms with Crippen molar-refractivity contribution in [2.24, 2.45) is 0 Å². The summed E-state index contributed by atoms with van der Waals surface area (Å²) in [5.41, 5.74) is 2.04. The van der Waals surface area contributed by atoms with Gasteiger partial charge in [-0.3, -0.25) is 10.0 Å². The van der Waals surface area contributed by atoms with Gasteiger partial charge in [0.1, 0.15) is 0 Å². The van der Waals surface area contributed by atoms with Gasteiger partial charge in [-0.25, -0.2) is 5.06 Å². The summed E-state index contributed by atoms with van der Waals surface area (Å²) in [6.07, 6.45) is 4.48. The Morgan fingerprint density at radius 1 is 1.50 bits per heavy atom. The second-order valence-corrected chi connectivity index (χ2v) is 3.40. The van der Waals surface area contributed by atoms with Gasteiger partial charge in [-0.15, -0.1) is 6.58 Å². The van der Waals surface area contributed by atoms with Crippen molar-refractivity contribution in [3.8, 4) is 0 Å². The lowest BCUT2D eigenvalue weighted by Crippen LogP contribution is -2.25. The molecular formula is C13H15NO2. The Hall–Kier alpha value is -1.87. The van der Waals surface area contributed by atoms with E-state index in [2.05, 4.69) is 6.58 Å². The third-order valence-electron chi connectivity index (χ3n) is 2.15. The normalized spacial score (nSPS) is 10.4. The maximum Gasteiger partial charge on any atom is 0.270 e. The molecule has 3 nitrogen and oxygen atoms in total. The Kier molecular flexibility index (Phi) is 4.48. The molecule has 0 aliphatic carbocycles. The fourth-order valence-corrected chi connectivity index (χ4v) is 1.23. The summed E-state index contributed by atoms with van der Waals surface area (Å²) >= 11 is 0. The standard InChI is InChI=1S/C13H15NO2/c1-3-10-14(16)13(15)9-8-12-7-5-4-6-11(12)2/h3-9,16H,1,10H2,2H3/b9-8+. The topological polar surface area (TPSA) is 40.5 Å². The minimum atomic E-state index is -0.455. The lowest BCUT2D eigenvalue weighted by molar-refractivity contribution is -0.156. The molecule has 0 radical (unpaired) electrons. The summed E-state index contributed by atoms with van der Waals surface area (Å²) in [4.78, 5) is 11.4. The van der Waals surface area contributed by atoms with E-state index in [1.165, 1.54) is 12.2 Å². The monoisotopic (exact) mass is 217 g/mol. The fraction of sp³-hybridized carbons (Fsp3) is 0.154. The first kappa shape index (κ1) is 12.2. The number of amides is 1. The van der Waals surface area contributed by atoms with Gasteiger partial charge >= 0.3 is 0 Å². The van der Waals surface area contributed by atoms with Gasteiger partial charge in [0.25, 0.3) is 5.91 Å². The van der Waals surface area contributed by atoms with E-state index in [-0.39, 0.29) is 6.54 Å². The highest BCUT2D eigenvalue weighted by Crippen LogP contribution is 2.08. The smallest absolute Gasteiger partial charge is 0.270 e. The molecule has 1 aromatic carbocycles. The summed E-state index contributed by atoms with van der Waals surface area (Å²) in [6, 6.07) is 7.71. The first-order chi connectivity index (χ1) is 7.65. The SMILES string of the molecule is C=CCN(O)C(=O)/C=C/c1ccccc1C. The minimum Gasteiger partial charge on any atom is -0.285 e. The molecule has 1 rings (SSSR count). The van der Waals surface area contributed by atoms with Crippen molar-refractivity contribution in [3.63, 3.8) is 0 Å². The predicted molar refractivity (Wildman–Crippen MR) is 63.9 cm³/mol. The van der Waals surface area contributed by atoms with Crippen LogP contribution in [0.4, 0.5) is 0 Å². The van der Waals surface area contributed by atoms with E-state index in [9.17, 15) is 10.0 Å². The highest BCUT2D eigenvalue weighted by molar-refractivity contribution is 5.91. The quantitative estimate of drug-likeness (QED) is 0.364. The van der Waals surface area contributed by atoms with Crippen LogP contribution in [-0.2, 0) is 4.79 Å². The minimum absolute atomic E-state index is 0.122. The Morgan fingerprint density at radius 3 is 2.81 bits per heavy atom. The predicted octanol–water partition coefficient (Wildman–Crippen LogP) is 2.41. The van der Waals surface area contributed by atoms with Crippen molar-refractivity contribution >= 4 is 12.0 Å². The molecule has 0 heterocycles. The number of rotatable bonds is 4. The van der Waals surface area contributed by atoms with Crippen LogP contribution in [0.1, 0.15) is 11.1 Å². The molecule has 0 saturated heterocycles. The van der Waals surface area contributed by atoms with Crippen LogP contribution in [0.15, 0.2) is 43.0 Å². The third kappa shape index (κ3) is 3.37. The highest BCUT2D eigenvalue weighted by atomic mass is 16.5. The number of nitrogens with zero attached hydrogens (tertiary/aromatic N) is 1. The van der Waals surface area contributed by atoms with Crippen LogP contribution in [0.3, 0.4) is 0 Å². The molecule has 0 aliphatic rings. The lowest BCUT2D eigenvalue weighted by Gasteiger charge is -2.09. The van der Waals surface area contributed by atoms with Crippen LogP contribution >= 0.6 is 0 Å². The average molecular weight is 217 g/mol. The number of hydroxylamine groups is 2. The molecule has 0 unspecified atom stereocenters. The van der Waals surface area contributed by atoms with E-state index in [4.69, 9.17) is 0 Å². The lowest BCUT2D eigenvalue weighted by atomic mass is 10.1. The van der Waals surface area contributed by atoms with Crippen LogP contribution in [-0.4, -0.2) is 22.7 Å².